The van der Waals surface area contributed by atoms with Gasteiger partial charge in [0.25, 0.3) is 0 Å². The van der Waals surface area contributed by atoms with Crippen molar-refractivity contribution in [3.63, 3.8) is 0 Å². The zero-order valence-electron chi connectivity index (χ0n) is 18.5. The minimum atomic E-state index is -1.17. The van der Waals surface area contributed by atoms with Crippen LogP contribution in [-0.4, -0.2) is 42.4 Å². The molecular weight excluding hydrogens is 418 g/mol. The molecular formula is C27H31NO5. The lowest BCUT2D eigenvalue weighted by Gasteiger charge is -2.43. The van der Waals surface area contributed by atoms with Crippen LogP contribution in [0.4, 0.5) is 0 Å². The second kappa shape index (κ2) is 12.0. The van der Waals surface area contributed by atoms with Crippen molar-refractivity contribution in [2.24, 2.45) is 5.73 Å². The lowest BCUT2D eigenvalue weighted by atomic mass is 9.97. The van der Waals surface area contributed by atoms with Crippen LogP contribution in [0.1, 0.15) is 16.7 Å². The van der Waals surface area contributed by atoms with E-state index in [1.807, 2.05) is 91.0 Å². The summed E-state index contributed by atoms with van der Waals surface area (Å²) < 4.78 is 24.2. The van der Waals surface area contributed by atoms with Gasteiger partial charge in [-0.3, -0.25) is 0 Å². The van der Waals surface area contributed by atoms with Crippen molar-refractivity contribution < 1.29 is 24.1 Å². The fraction of sp³-hybridized carbons (Fsp3) is 0.333. The fourth-order valence-electron chi connectivity index (χ4n) is 3.88. The molecule has 174 valence electrons. The molecule has 4 rings (SSSR count). The maximum Gasteiger partial charge on any atom is 0.173 e. The minimum Gasteiger partial charge on any atom is -0.374 e. The molecule has 0 saturated carbocycles. The third kappa shape index (κ3) is 6.71. The summed E-state index contributed by atoms with van der Waals surface area (Å²) in [6.07, 6.45) is -2.79. The Kier molecular flexibility index (Phi) is 8.60. The van der Waals surface area contributed by atoms with E-state index < -0.39 is 30.6 Å². The summed E-state index contributed by atoms with van der Waals surface area (Å²) in [5.74, 6) is 0. The number of aliphatic hydroxyl groups is 1. The molecule has 3 aromatic carbocycles. The third-order valence-electron chi connectivity index (χ3n) is 5.68. The van der Waals surface area contributed by atoms with Gasteiger partial charge in [-0.15, -0.1) is 0 Å². The summed E-state index contributed by atoms with van der Waals surface area (Å²) in [4.78, 5) is 0. The van der Waals surface area contributed by atoms with Crippen molar-refractivity contribution >= 4 is 0 Å². The molecule has 33 heavy (non-hydrogen) atoms. The first kappa shape index (κ1) is 23.6. The Bertz CT molecular complexity index is 941. The first-order valence-corrected chi connectivity index (χ1v) is 11.2. The fourth-order valence-corrected chi connectivity index (χ4v) is 3.88. The Morgan fingerprint density at radius 1 is 0.667 bits per heavy atom. The number of benzene rings is 3. The highest BCUT2D eigenvalue weighted by molar-refractivity contribution is 5.15. The zero-order valence-corrected chi connectivity index (χ0v) is 18.5. The number of ether oxygens (including phenoxy) is 4. The average molecular weight is 450 g/mol. The van der Waals surface area contributed by atoms with Crippen molar-refractivity contribution in [2.45, 2.75) is 50.5 Å². The number of rotatable bonds is 10. The highest BCUT2D eigenvalue weighted by Crippen LogP contribution is 2.26. The Labute approximate surface area is 194 Å². The van der Waals surface area contributed by atoms with E-state index in [4.69, 9.17) is 24.7 Å². The Morgan fingerprint density at radius 2 is 1.12 bits per heavy atom. The van der Waals surface area contributed by atoms with Gasteiger partial charge in [-0.05, 0) is 16.7 Å². The van der Waals surface area contributed by atoms with E-state index in [0.29, 0.717) is 19.8 Å². The van der Waals surface area contributed by atoms with E-state index >= 15 is 0 Å². The van der Waals surface area contributed by atoms with E-state index in [-0.39, 0.29) is 6.61 Å². The van der Waals surface area contributed by atoms with Gasteiger partial charge in [0.1, 0.15) is 18.3 Å². The highest BCUT2D eigenvalue weighted by atomic mass is 16.7. The van der Waals surface area contributed by atoms with Crippen molar-refractivity contribution in [1.29, 1.82) is 0 Å². The lowest BCUT2D eigenvalue weighted by molar-refractivity contribution is -0.273. The average Bonchev–Trinajstić information content (AvgIpc) is 2.86. The van der Waals surface area contributed by atoms with E-state index in [1.54, 1.807) is 0 Å². The second-order valence-corrected chi connectivity index (χ2v) is 8.17. The molecule has 3 aromatic rings. The molecule has 1 heterocycles. The first-order chi connectivity index (χ1) is 16.2. The van der Waals surface area contributed by atoms with E-state index in [9.17, 15) is 5.11 Å². The predicted octanol–water partition coefficient (Wildman–Crippen LogP) is 3.42. The van der Waals surface area contributed by atoms with Crippen molar-refractivity contribution in [2.75, 3.05) is 6.61 Å². The standard InChI is InChI=1S/C27H31NO5/c28-24-26(32-18-22-14-8-3-9-15-22)25(31-17-21-12-6-2-7-13-21)23(33-27(24)29)19-30-16-20-10-4-1-5-11-20/h1-15,23-27,29H,16-19,28H2. The van der Waals surface area contributed by atoms with Crippen LogP contribution in [0.3, 0.4) is 0 Å². The van der Waals surface area contributed by atoms with Crippen LogP contribution in [0.15, 0.2) is 91.0 Å². The Balaban J connectivity index is 1.46. The van der Waals surface area contributed by atoms with Crippen LogP contribution in [-0.2, 0) is 38.8 Å². The minimum absolute atomic E-state index is 0.239. The molecule has 1 fully saturated rings. The summed E-state index contributed by atoms with van der Waals surface area (Å²) in [5, 5.41) is 10.5. The maximum atomic E-state index is 10.5. The van der Waals surface area contributed by atoms with E-state index in [2.05, 4.69) is 0 Å². The molecule has 0 amide bonds. The van der Waals surface area contributed by atoms with Gasteiger partial charge in [-0.1, -0.05) is 91.0 Å². The van der Waals surface area contributed by atoms with Gasteiger partial charge in [0.15, 0.2) is 6.29 Å². The summed E-state index contributed by atoms with van der Waals surface area (Å²) in [6, 6.07) is 28.9. The molecule has 0 aliphatic carbocycles. The maximum absolute atomic E-state index is 10.5. The lowest BCUT2D eigenvalue weighted by Crippen LogP contribution is -2.63. The summed E-state index contributed by atoms with van der Waals surface area (Å²) >= 11 is 0. The van der Waals surface area contributed by atoms with E-state index in [0.717, 1.165) is 16.7 Å². The molecule has 5 atom stereocenters. The molecule has 1 saturated heterocycles. The summed E-state index contributed by atoms with van der Waals surface area (Å²) in [5.41, 5.74) is 9.42. The largest absolute Gasteiger partial charge is 0.374 e. The quantitative estimate of drug-likeness (QED) is 0.494. The molecule has 6 nitrogen and oxygen atoms in total. The van der Waals surface area contributed by atoms with Gasteiger partial charge in [0.05, 0.1) is 32.5 Å². The molecule has 5 unspecified atom stereocenters. The highest BCUT2D eigenvalue weighted by Gasteiger charge is 2.45. The van der Waals surface area contributed by atoms with Crippen LogP contribution in [0.25, 0.3) is 0 Å². The number of hydrogen-bond acceptors (Lipinski definition) is 6. The number of nitrogens with two attached hydrogens (primary N) is 1. The van der Waals surface area contributed by atoms with Gasteiger partial charge >= 0.3 is 0 Å². The molecule has 0 aromatic heterocycles. The molecule has 6 heteroatoms. The van der Waals surface area contributed by atoms with Gasteiger partial charge in [0.2, 0.25) is 0 Å². The zero-order chi connectivity index (χ0) is 22.9. The smallest absolute Gasteiger partial charge is 0.173 e. The summed E-state index contributed by atoms with van der Waals surface area (Å²) in [6.45, 7) is 1.40. The second-order valence-electron chi connectivity index (χ2n) is 8.17. The third-order valence-corrected chi connectivity index (χ3v) is 5.68. The van der Waals surface area contributed by atoms with Gasteiger partial charge in [0, 0.05) is 0 Å². The van der Waals surface area contributed by atoms with Crippen LogP contribution >= 0.6 is 0 Å². The molecule has 0 bridgehead atoms. The van der Waals surface area contributed by atoms with Gasteiger partial charge < -0.3 is 29.8 Å². The molecule has 1 aliphatic rings. The van der Waals surface area contributed by atoms with Crippen LogP contribution in [0, 0.1) is 0 Å². The SMILES string of the molecule is NC1C(O)OC(COCc2ccccc2)C(OCc2ccccc2)C1OCc1ccccc1. The number of hydrogen-bond donors (Lipinski definition) is 2. The Morgan fingerprint density at radius 3 is 1.64 bits per heavy atom. The Hall–Kier alpha value is -2.58. The summed E-state index contributed by atoms with van der Waals surface area (Å²) in [7, 11) is 0. The van der Waals surface area contributed by atoms with Crippen LogP contribution in [0.2, 0.25) is 0 Å². The topological polar surface area (TPSA) is 83.2 Å². The number of aliphatic hydroxyl groups excluding tert-OH is 1. The van der Waals surface area contributed by atoms with Crippen LogP contribution < -0.4 is 5.73 Å². The molecule has 0 radical (unpaired) electrons. The van der Waals surface area contributed by atoms with Crippen molar-refractivity contribution in [3.8, 4) is 0 Å². The molecule has 1 aliphatic heterocycles. The van der Waals surface area contributed by atoms with Gasteiger partial charge in [-0.2, -0.15) is 0 Å². The monoisotopic (exact) mass is 449 g/mol. The predicted molar refractivity (Wildman–Crippen MR) is 125 cm³/mol. The van der Waals surface area contributed by atoms with E-state index in [1.165, 1.54) is 0 Å². The van der Waals surface area contributed by atoms with Gasteiger partial charge in [-0.25, -0.2) is 0 Å². The molecule has 0 spiro atoms. The van der Waals surface area contributed by atoms with Crippen molar-refractivity contribution in [1.82, 2.24) is 0 Å². The first-order valence-electron chi connectivity index (χ1n) is 11.2. The molecule has 3 N–H and O–H groups in total. The van der Waals surface area contributed by atoms with Crippen molar-refractivity contribution in [3.05, 3.63) is 108 Å². The normalized spacial score (nSPS) is 25.1. The van der Waals surface area contributed by atoms with Crippen LogP contribution in [0.5, 0.6) is 0 Å².